The molecular weight excluding hydrogens is 202 g/mol. The number of rotatable bonds is 8. The van der Waals surface area contributed by atoms with Gasteiger partial charge in [-0.05, 0) is 25.1 Å². The molecule has 0 aliphatic heterocycles. The summed E-state index contributed by atoms with van der Waals surface area (Å²) in [6, 6.07) is 8.45. The van der Waals surface area contributed by atoms with E-state index < -0.39 is 0 Å². The number of hydrogen-bond donors (Lipinski definition) is 1. The predicted molar refractivity (Wildman–Crippen MR) is 65.4 cm³/mol. The van der Waals surface area contributed by atoms with Crippen LogP contribution in [0.15, 0.2) is 24.3 Å². The van der Waals surface area contributed by atoms with Crippen LogP contribution < -0.4 is 5.32 Å². The molecule has 0 saturated carbocycles. The molecule has 0 radical (unpaired) electrons. The second-order valence-electron chi connectivity index (χ2n) is 3.60. The summed E-state index contributed by atoms with van der Waals surface area (Å²) in [5, 5.41) is 3.12. The van der Waals surface area contributed by atoms with Crippen LogP contribution in [0.1, 0.15) is 18.1 Å². The van der Waals surface area contributed by atoms with Crippen molar-refractivity contribution in [3.63, 3.8) is 0 Å². The van der Waals surface area contributed by atoms with Crippen LogP contribution in [-0.2, 0) is 22.6 Å². The molecule has 0 atom stereocenters. The molecule has 3 nitrogen and oxygen atoms in total. The lowest BCUT2D eigenvalue weighted by Gasteiger charge is -2.05. The molecule has 0 saturated heterocycles. The zero-order chi connectivity index (χ0) is 11.6. The smallest absolute Gasteiger partial charge is 0.0718 e. The first-order chi connectivity index (χ1) is 7.86. The maximum absolute atomic E-state index is 5.48. The fourth-order valence-electron chi connectivity index (χ4n) is 1.41. The highest BCUT2D eigenvalue weighted by molar-refractivity contribution is 5.21. The Balaban J connectivity index is 2.21. The van der Waals surface area contributed by atoms with Gasteiger partial charge < -0.3 is 14.8 Å². The predicted octanol–water partition coefficient (Wildman–Crippen LogP) is 1.96. The van der Waals surface area contributed by atoms with Gasteiger partial charge in [0.2, 0.25) is 0 Å². The summed E-state index contributed by atoms with van der Waals surface area (Å²) in [7, 11) is 1.95. The second-order valence-corrected chi connectivity index (χ2v) is 3.60. The summed E-state index contributed by atoms with van der Waals surface area (Å²) in [5.41, 5.74) is 2.50. The number of benzene rings is 1. The minimum Gasteiger partial charge on any atom is -0.379 e. The van der Waals surface area contributed by atoms with E-state index in [2.05, 4.69) is 29.6 Å². The summed E-state index contributed by atoms with van der Waals surface area (Å²) in [6.07, 6.45) is 0. The van der Waals surface area contributed by atoms with Crippen LogP contribution in [0.25, 0.3) is 0 Å². The van der Waals surface area contributed by atoms with Gasteiger partial charge in [0.1, 0.15) is 0 Å². The molecule has 0 fully saturated rings. The van der Waals surface area contributed by atoms with Gasteiger partial charge in [0.05, 0.1) is 19.8 Å². The van der Waals surface area contributed by atoms with Gasteiger partial charge in [-0.25, -0.2) is 0 Å². The highest BCUT2D eigenvalue weighted by atomic mass is 16.5. The number of hydrogen-bond acceptors (Lipinski definition) is 3. The van der Waals surface area contributed by atoms with E-state index in [0.717, 1.165) is 13.2 Å². The topological polar surface area (TPSA) is 30.5 Å². The Morgan fingerprint density at radius 1 is 1.00 bits per heavy atom. The molecular formula is C13H21NO2. The summed E-state index contributed by atoms with van der Waals surface area (Å²) >= 11 is 0. The van der Waals surface area contributed by atoms with Gasteiger partial charge in [-0.2, -0.15) is 0 Å². The van der Waals surface area contributed by atoms with E-state index in [4.69, 9.17) is 9.47 Å². The molecule has 0 heterocycles. The van der Waals surface area contributed by atoms with E-state index in [1.807, 2.05) is 14.0 Å². The molecule has 0 aliphatic carbocycles. The third-order valence-electron chi connectivity index (χ3n) is 2.25. The molecule has 0 spiro atoms. The van der Waals surface area contributed by atoms with Crippen molar-refractivity contribution in [1.82, 2.24) is 5.32 Å². The number of nitrogens with one attached hydrogen (secondary N) is 1. The lowest BCUT2D eigenvalue weighted by atomic mass is 10.1. The fourth-order valence-corrected chi connectivity index (χ4v) is 1.41. The van der Waals surface area contributed by atoms with Gasteiger partial charge in [-0.15, -0.1) is 0 Å². The van der Waals surface area contributed by atoms with E-state index in [1.165, 1.54) is 11.1 Å². The zero-order valence-electron chi connectivity index (χ0n) is 10.2. The molecule has 1 rings (SSSR count). The number of ether oxygens (including phenoxy) is 2. The largest absolute Gasteiger partial charge is 0.379 e. The normalized spacial score (nSPS) is 10.6. The van der Waals surface area contributed by atoms with Crippen LogP contribution in [0.4, 0.5) is 0 Å². The highest BCUT2D eigenvalue weighted by Gasteiger charge is 1.94. The Morgan fingerprint density at radius 2 is 1.62 bits per heavy atom. The van der Waals surface area contributed by atoms with E-state index >= 15 is 0 Å². The maximum atomic E-state index is 5.48. The van der Waals surface area contributed by atoms with Crippen molar-refractivity contribution in [1.29, 1.82) is 0 Å². The monoisotopic (exact) mass is 223 g/mol. The van der Waals surface area contributed by atoms with E-state index in [0.29, 0.717) is 19.8 Å². The molecule has 0 aliphatic rings. The average Bonchev–Trinajstić information content (AvgIpc) is 2.31. The zero-order valence-corrected chi connectivity index (χ0v) is 10.2. The third-order valence-corrected chi connectivity index (χ3v) is 2.25. The molecule has 1 aromatic carbocycles. The van der Waals surface area contributed by atoms with Crippen molar-refractivity contribution in [3.05, 3.63) is 35.4 Å². The molecule has 90 valence electrons. The van der Waals surface area contributed by atoms with Crippen LogP contribution in [0.5, 0.6) is 0 Å². The molecule has 0 unspecified atom stereocenters. The fraction of sp³-hybridized carbons (Fsp3) is 0.538. The van der Waals surface area contributed by atoms with Crippen molar-refractivity contribution >= 4 is 0 Å². The van der Waals surface area contributed by atoms with Crippen molar-refractivity contribution in [2.75, 3.05) is 26.9 Å². The molecule has 16 heavy (non-hydrogen) atoms. The van der Waals surface area contributed by atoms with Gasteiger partial charge in [-0.3, -0.25) is 0 Å². The van der Waals surface area contributed by atoms with Gasteiger partial charge >= 0.3 is 0 Å². The van der Waals surface area contributed by atoms with Crippen LogP contribution in [0.2, 0.25) is 0 Å². The minimum absolute atomic E-state index is 0.659. The standard InChI is InChI=1S/C13H21NO2/c1-3-15-8-9-16-11-13-6-4-12(5-7-13)10-14-2/h4-7,14H,3,8-11H2,1-2H3. The highest BCUT2D eigenvalue weighted by Crippen LogP contribution is 2.05. The lowest BCUT2D eigenvalue weighted by molar-refractivity contribution is 0.0453. The van der Waals surface area contributed by atoms with Crippen LogP contribution >= 0.6 is 0 Å². The first-order valence-corrected chi connectivity index (χ1v) is 5.74. The third kappa shape index (κ3) is 5.26. The van der Waals surface area contributed by atoms with Crippen molar-refractivity contribution < 1.29 is 9.47 Å². The SMILES string of the molecule is CCOCCOCc1ccc(CNC)cc1. The Labute approximate surface area is 97.8 Å². The second kappa shape index (κ2) is 8.28. The van der Waals surface area contributed by atoms with E-state index in [-0.39, 0.29) is 0 Å². The molecule has 1 aromatic rings. The summed E-state index contributed by atoms with van der Waals surface area (Å²) in [6.45, 7) is 5.64. The van der Waals surface area contributed by atoms with Crippen LogP contribution in [-0.4, -0.2) is 26.9 Å². The molecule has 3 heteroatoms. The lowest BCUT2D eigenvalue weighted by Crippen LogP contribution is -2.05. The molecule has 0 amide bonds. The van der Waals surface area contributed by atoms with Gasteiger partial charge in [0.25, 0.3) is 0 Å². The van der Waals surface area contributed by atoms with Crippen molar-refractivity contribution in [2.45, 2.75) is 20.1 Å². The first kappa shape index (κ1) is 13.2. The van der Waals surface area contributed by atoms with Gasteiger partial charge in [-0.1, -0.05) is 24.3 Å². The van der Waals surface area contributed by atoms with Crippen molar-refractivity contribution in [2.24, 2.45) is 0 Å². The summed E-state index contributed by atoms with van der Waals surface area (Å²) < 4.78 is 10.7. The Bertz CT molecular complexity index is 272. The van der Waals surface area contributed by atoms with E-state index in [1.54, 1.807) is 0 Å². The quantitative estimate of drug-likeness (QED) is 0.683. The Hall–Kier alpha value is -0.900. The summed E-state index contributed by atoms with van der Waals surface area (Å²) in [4.78, 5) is 0. The average molecular weight is 223 g/mol. The summed E-state index contributed by atoms with van der Waals surface area (Å²) in [5.74, 6) is 0. The van der Waals surface area contributed by atoms with Gasteiger partial charge in [0, 0.05) is 13.2 Å². The molecule has 1 N–H and O–H groups in total. The Kier molecular flexibility index (Phi) is 6.81. The van der Waals surface area contributed by atoms with Crippen LogP contribution in [0, 0.1) is 0 Å². The molecule has 0 aromatic heterocycles. The van der Waals surface area contributed by atoms with Crippen LogP contribution in [0.3, 0.4) is 0 Å². The first-order valence-electron chi connectivity index (χ1n) is 5.74. The maximum Gasteiger partial charge on any atom is 0.0718 e. The molecule has 0 bridgehead atoms. The Morgan fingerprint density at radius 3 is 2.25 bits per heavy atom. The van der Waals surface area contributed by atoms with E-state index in [9.17, 15) is 0 Å². The van der Waals surface area contributed by atoms with Crippen molar-refractivity contribution in [3.8, 4) is 0 Å². The van der Waals surface area contributed by atoms with Gasteiger partial charge in [0.15, 0.2) is 0 Å². The minimum atomic E-state index is 0.659.